The Morgan fingerprint density at radius 3 is 2.32 bits per heavy atom. The number of rotatable bonds is 5. The summed E-state index contributed by atoms with van der Waals surface area (Å²) in [6, 6.07) is 17.1. The number of carbonyl (C=O) groups is 3. The van der Waals surface area contributed by atoms with Crippen molar-refractivity contribution >= 4 is 29.1 Å². The van der Waals surface area contributed by atoms with Gasteiger partial charge in [-0.1, -0.05) is 12.1 Å². The quantitative estimate of drug-likeness (QED) is 0.611. The lowest BCUT2D eigenvalue weighted by molar-refractivity contribution is 0.0925. The summed E-state index contributed by atoms with van der Waals surface area (Å²) in [5, 5.41) is 2.88. The molecular weight excluding hydrogens is 392 g/mol. The average Bonchev–Trinajstić information content (AvgIpc) is 3.01. The van der Waals surface area contributed by atoms with Crippen molar-refractivity contribution in [1.29, 1.82) is 0 Å². The molecule has 0 radical (unpaired) electrons. The molecule has 0 saturated carbocycles. The van der Waals surface area contributed by atoms with Crippen LogP contribution >= 0.6 is 0 Å². The molecule has 0 fully saturated rings. The summed E-state index contributed by atoms with van der Waals surface area (Å²) >= 11 is 0. The Morgan fingerprint density at radius 1 is 0.903 bits per heavy atom. The second-order valence-electron chi connectivity index (χ2n) is 7.41. The van der Waals surface area contributed by atoms with Crippen LogP contribution in [0.4, 0.5) is 11.4 Å². The number of nitrogens with zero attached hydrogens (tertiary/aromatic N) is 1. The molecule has 1 heterocycles. The molecule has 0 bridgehead atoms. The topological polar surface area (TPSA) is 75.7 Å². The number of fused-ring (bicyclic) bond motifs is 1. The molecule has 0 saturated heterocycles. The highest BCUT2D eigenvalue weighted by atomic mass is 16.5. The number of aryl methyl sites for hydroxylation is 2. The van der Waals surface area contributed by atoms with Crippen molar-refractivity contribution in [2.24, 2.45) is 0 Å². The van der Waals surface area contributed by atoms with E-state index in [-0.39, 0.29) is 17.0 Å². The van der Waals surface area contributed by atoms with Crippen molar-refractivity contribution in [3.63, 3.8) is 0 Å². The van der Waals surface area contributed by atoms with Gasteiger partial charge in [0.1, 0.15) is 5.75 Å². The molecule has 156 valence electrons. The number of nitrogens with one attached hydrogen (secondary N) is 1. The molecule has 3 aromatic carbocycles. The molecule has 1 aliphatic heterocycles. The van der Waals surface area contributed by atoms with Crippen LogP contribution in [0.2, 0.25) is 0 Å². The lowest BCUT2D eigenvalue weighted by atomic mass is 10.0. The minimum Gasteiger partial charge on any atom is -0.494 e. The Morgan fingerprint density at radius 2 is 1.61 bits per heavy atom. The van der Waals surface area contributed by atoms with Gasteiger partial charge < -0.3 is 10.1 Å². The van der Waals surface area contributed by atoms with Crippen LogP contribution in [0.25, 0.3) is 0 Å². The Kier molecular flexibility index (Phi) is 5.29. The molecule has 0 unspecified atom stereocenters. The Hall–Kier alpha value is -3.93. The normalized spacial score (nSPS) is 12.7. The lowest BCUT2D eigenvalue weighted by Crippen LogP contribution is -2.29. The number of amides is 3. The minimum atomic E-state index is -0.453. The van der Waals surface area contributed by atoms with E-state index in [1.54, 1.807) is 30.3 Å². The van der Waals surface area contributed by atoms with E-state index >= 15 is 0 Å². The molecule has 4 rings (SSSR count). The lowest BCUT2D eigenvalue weighted by Gasteiger charge is -2.14. The third-order valence-electron chi connectivity index (χ3n) is 5.20. The van der Waals surface area contributed by atoms with Gasteiger partial charge in [-0.25, -0.2) is 4.90 Å². The largest absolute Gasteiger partial charge is 0.494 e. The van der Waals surface area contributed by atoms with Crippen molar-refractivity contribution in [3.8, 4) is 5.75 Å². The van der Waals surface area contributed by atoms with Gasteiger partial charge in [0, 0.05) is 11.3 Å². The van der Waals surface area contributed by atoms with Gasteiger partial charge in [-0.05, 0) is 80.4 Å². The first-order chi connectivity index (χ1) is 14.9. The molecule has 31 heavy (non-hydrogen) atoms. The number of hydrogen-bond acceptors (Lipinski definition) is 4. The number of benzene rings is 3. The summed E-state index contributed by atoms with van der Waals surface area (Å²) < 4.78 is 5.41. The Balaban J connectivity index is 1.60. The van der Waals surface area contributed by atoms with E-state index in [0.29, 0.717) is 29.3 Å². The SMILES string of the molecule is CCOc1ccc(N2C(=O)c3ccc(C(=O)Nc4cc(C)ccc4C)cc3C2=O)cc1. The zero-order valence-electron chi connectivity index (χ0n) is 17.6. The second-order valence-corrected chi connectivity index (χ2v) is 7.41. The smallest absolute Gasteiger partial charge is 0.266 e. The molecule has 0 aromatic heterocycles. The van der Waals surface area contributed by atoms with E-state index in [4.69, 9.17) is 4.74 Å². The highest BCUT2D eigenvalue weighted by Crippen LogP contribution is 2.30. The first kappa shape index (κ1) is 20.3. The molecule has 3 amide bonds. The average molecular weight is 414 g/mol. The highest BCUT2D eigenvalue weighted by Gasteiger charge is 2.37. The van der Waals surface area contributed by atoms with Gasteiger partial charge in [0.2, 0.25) is 0 Å². The predicted molar refractivity (Wildman–Crippen MR) is 119 cm³/mol. The fourth-order valence-corrected chi connectivity index (χ4v) is 3.54. The first-order valence-electron chi connectivity index (χ1n) is 10.0. The summed E-state index contributed by atoms with van der Waals surface area (Å²) in [5.41, 5.74) is 3.94. The minimum absolute atomic E-state index is 0.215. The summed E-state index contributed by atoms with van der Waals surface area (Å²) in [6.07, 6.45) is 0. The predicted octanol–water partition coefficient (Wildman–Crippen LogP) is 4.76. The fourth-order valence-electron chi connectivity index (χ4n) is 3.54. The maximum absolute atomic E-state index is 13.0. The van der Waals surface area contributed by atoms with Crippen LogP contribution in [0.1, 0.15) is 49.1 Å². The highest BCUT2D eigenvalue weighted by molar-refractivity contribution is 6.34. The standard InChI is InChI=1S/C25H22N2O4/c1-4-31-19-10-8-18(9-11-19)27-24(29)20-12-7-17(14-21(20)25(27)30)23(28)26-22-13-15(2)5-6-16(22)3/h5-14H,4H2,1-3H3,(H,26,28). The van der Waals surface area contributed by atoms with Gasteiger partial charge in [-0.3, -0.25) is 14.4 Å². The zero-order valence-corrected chi connectivity index (χ0v) is 17.6. The van der Waals surface area contributed by atoms with E-state index in [0.717, 1.165) is 16.0 Å². The van der Waals surface area contributed by atoms with Gasteiger partial charge in [0.15, 0.2) is 0 Å². The summed E-state index contributed by atoms with van der Waals surface area (Å²) in [5.74, 6) is -0.541. The number of carbonyl (C=O) groups excluding carboxylic acids is 3. The van der Waals surface area contributed by atoms with Crippen molar-refractivity contribution in [2.75, 3.05) is 16.8 Å². The molecule has 0 spiro atoms. The number of anilines is 2. The van der Waals surface area contributed by atoms with Crippen LogP contribution in [0.3, 0.4) is 0 Å². The van der Waals surface area contributed by atoms with E-state index in [1.807, 2.05) is 39.0 Å². The third kappa shape index (κ3) is 3.80. The Bertz CT molecular complexity index is 1200. The van der Waals surface area contributed by atoms with Crippen LogP contribution < -0.4 is 15.0 Å². The van der Waals surface area contributed by atoms with Crippen molar-refractivity contribution in [3.05, 3.63) is 88.5 Å². The van der Waals surface area contributed by atoms with Crippen molar-refractivity contribution in [1.82, 2.24) is 0 Å². The van der Waals surface area contributed by atoms with Gasteiger partial charge in [0.25, 0.3) is 17.7 Å². The van der Waals surface area contributed by atoms with Crippen molar-refractivity contribution < 1.29 is 19.1 Å². The van der Waals surface area contributed by atoms with Crippen LogP contribution in [-0.4, -0.2) is 24.3 Å². The van der Waals surface area contributed by atoms with Crippen LogP contribution in [0, 0.1) is 13.8 Å². The van der Waals surface area contributed by atoms with Gasteiger partial charge >= 0.3 is 0 Å². The second kappa shape index (κ2) is 8.07. The first-order valence-corrected chi connectivity index (χ1v) is 10.0. The zero-order chi connectivity index (χ0) is 22.1. The molecule has 0 aliphatic carbocycles. The number of ether oxygens (including phenoxy) is 1. The monoisotopic (exact) mass is 414 g/mol. The van der Waals surface area contributed by atoms with E-state index in [9.17, 15) is 14.4 Å². The number of imide groups is 1. The van der Waals surface area contributed by atoms with E-state index < -0.39 is 11.8 Å². The van der Waals surface area contributed by atoms with Crippen LogP contribution in [0.5, 0.6) is 5.75 Å². The van der Waals surface area contributed by atoms with Gasteiger partial charge in [0.05, 0.1) is 23.4 Å². The fraction of sp³-hybridized carbons (Fsp3) is 0.160. The number of hydrogen-bond donors (Lipinski definition) is 1. The summed E-state index contributed by atoms with van der Waals surface area (Å²) in [6.45, 7) is 6.27. The maximum atomic E-state index is 13.0. The molecule has 0 atom stereocenters. The molecule has 1 aliphatic rings. The van der Waals surface area contributed by atoms with Gasteiger partial charge in [-0.2, -0.15) is 0 Å². The molecular formula is C25H22N2O4. The van der Waals surface area contributed by atoms with Crippen LogP contribution in [0.15, 0.2) is 60.7 Å². The summed E-state index contributed by atoms with van der Waals surface area (Å²) in [7, 11) is 0. The Labute approximate surface area is 180 Å². The molecule has 3 aromatic rings. The molecule has 6 heteroatoms. The van der Waals surface area contributed by atoms with Crippen molar-refractivity contribution in [2.45, 2.75) is 20.8 Å². The third-order valence-corrected chi connectivity index (χ3v) is 5.20. The van der Waals surface area contributed by atoms with Gasteiger partial charge in [-0.15, -0.1) is 0 Å². The molecule has 6 nitrogen and oxygen atoms in total. The van der Waals surface area contributed by atoms with E-state index in [2.05, 4.69) is 5.32 Å². The summed E-state index contributed by atoms with van der Waals surface area (Å²) in [4.78, 5) is 39.7. The van der Waals surface area contributed by atoms with E-state index in [1.165, 1.54) is 12.1 Å². The van der Waals surface area contributed by atoms with Crippen LogP contribution in [-0.2, 0) is 0 Å². The molecule has 1 N–H and O–H groups in total. The maximum Gasteiger partial charge on any atom is 0.266 e.